The first-order chi connectivity index (χ1) is 13.8. The molecule has 0 bridgehead atoms. The van der Waals surface area contributed by atoms with Crippen molar-refractivity contribution in [2.24, 2.45) is 0 Å². The Labute approximate surface area is 174 Å². The summed E-state index contributed by atoms with van der Waals surface area (Å²) < 4.78 is 33.6. The smallest absolute Gasteiger partial charge is 0.244 e. The Hall–Kier alpha value is -1.95. The van der Waals surface area contributed by atoms with Crippen LogP contribution in [-0.2, 0) is 19.6 Å². The zero-order valence-electron chi connectivity index (χ0n) is 16.6. The van der Waals surface area contributed by atoms with Crippen LogP contribution in [0.5, 0.6) is 0 Å². The van der Waals surface area contributed by atoms with Crippen molar-refractivity contribution in [3.63, 3.8) is 0 Å². The van der Waals surface area contributed by atoms with E-state index in [0.717, 1.165) is 0 Å². The second kappa shape index (κ2) is 9.24. The summed E-state index contributed by atoms with van der Waals surface area (Å²) >= 11 is 1.26. The highest BCUT2D eigenvalue weighted by Gasteiger charge is 2.27. The number of hydrogen-bond acceptors (Lipinski definition) is 7. The van der Waals surface area contributed by atoms with Crippen LogP contribution in [0.25, 0.3) is 0 Å². The molecule has 2 aromatic heterocycles. The number of anilines is 1. The fourth-order valence-electron chi connectivity index (χ4n) is 2.81. The largest absolute Gasteiger partial charge is 0.379 e. The SMILES string of the molecule is CC(Sc1ccc(S(=O)(=O)N2CCOCC2)cn1)C(=O)Nc1ccnn1C(C)C. The van der Waals surface area contributed by atoms with Crippen LogP contribution in [0.2, 0.25) is 0 Å². The molecule has 1 saturated heterocycles. The van der Waals surface area contributed by atoms with Crippen molar-refractivity contribution in [1.29, 1.82) is 0 Å². The lowest BCUT2D eigenvalue weighted by Gasteiger charge is -2.25. The Balaban J connectivity index is 1.63. The molecule has 1 aliphatic heterocycles. The molecule has 9 nitrogen and oxygen atoms in total. The average Bonchev–Trinajstić information content (AvgIpc) is 3.17. The molecule has 1 unspecified atom stereocenters. The van der Waals surface area contributed by atoms with Gasteiger partial charge in [0.1, 0.15) is 10.7 Å². The summed E-state index contributed by atoms with van der Waals surface area (Å²) in [5.74, 6) is 0.460. The molecule has 0 aromatic carbocycles. The molecule has 0 saturated carbocycles. The Kier molecular flexibility index (Phi) is 6.93. The molecule has 3 heterocycles. The number of thioether (sulfide) groups is 1. The third kappa shape index (κ3) is 5.16. The predicted octanol–water partition coefficient (Wildman–Crippen LogP) is 2.00. The van der Waals surface area contributed by atoms with Crippen molar-refractivity contribution in [1.82, 2.24) is 19.1 Å². The fourth-order valence-corrected chi connectivity index (χ4v) is 4.95. The van der Waals surface area contributed by atoms with Gasteiger partial charge >= 0.3 is 0 Å². The van der Waals surface area contributed by atoms with Gasteiger partial charge in [0.15, 0.2) is 0 Å². The number of nitrogens with zero attached hydrogens (tertiary/aromatic N) is 4. The highest BCUT2D eigenvalue weighted by molar-refractivity contribution is 8.00. The number of sulfonamides is 1. The minimum absolute atomic E-state index is 0.130. The monoisotopic (exact) mass is 439 g/mol. The number of morpholine rings is 1. The van der Waals surface area contributed by atoms with E-state index in [0.29, 0.717) is 37.1 Å². The number of rotatable bonds is 7. The van der Waals surface area contributed by atoms with E-state index in [2.05, 4.69) is 15.4 Å². The van der Waals surface area contributed by atoms with Gasteiger partial charge in [-0.15, -0.1) is 0 Å². The minimum Gasteiger partial charge on any atom is -0.379 e. The molecule has 29 heavy (non-hydrogen) atoms. The van der Waals surface area contributed by atoms with E-state index in [1.165, 1.54) is 28.3 Å². The topological polar surface area (TPSA) is 106 Å². The summed E-state index contributed by atoms with van der Waals surface area (Å²) in [6, 6.07) is 5.03. The highest BCUT2D eigenvalue weighted by Crippen LogP contribution is 2.25. The van der Waals surface area contributed by atoms with Crippen molar-refractivity contribution in [2.75, 3.05) is 31.6 Å². The van der Waals surface area contributed by atoms with Gasteiger partial charge in [-0.05, 0) is 32.9 Å². The Morgan fingerprint density at radius 3 is 2.55 bits per heavy atom. The third-order valence-electron chi connectivity index (χ3n) is 4.39. The first-order valence-corrected chi connectivity index (χ1v) is 11.7. The van der Waals surface area contributed by atoms with Gasteiger partial charge in [0.05, 0.1) is 29.7 Å². The van der Waals surface area contributed by atoms with E-state index < -0.39 is 15.3 Å². The molecule has 1 amide bonds. The van der Waals surface area contributed by atoms with Gasteiger partial charge in [-0.3, -0.25) is 4.79 Å². The molecule has 1 fully saturated rings. The van der Waals surface area contributed by atoms with Gasteiger partial charge in [0, 0.05) is 31.4 Å². The minimum atomic E-state index is -3.58. The van der Waals surface area contributed by atoms with Crippen molar-refractivity contribution < 1.29 is 17.9 Å². The molecule has 0 aliphatic carbocycles. The van der Waals surface area contributed by atoms with Crippen LogP contribution in [0.1, 0.15) is 26.8 Å². The molecule has 1 N–H and O–H groups in total. The van der Waals surface area contributed by atoms with E-state index in [1.54, 1.807) is 29.9 Å². The molecule has 2 aromatic rings. The van der Waals surface area contributed by atoms with Crippen LogP contribution in [-0.4, -0.2) is 64.9 Å². The predicted molar refractivity (Wildman–Crippen MR) is 110 cm³/mol. The fraction of sp³-hybridized carbons (Fsp3) is 0.500. The van der Waals surface area contributed by atoms with Crippen LogP contribution in [0.4, 0.5) is 5.82 Å². The van der Waals surface area contributed by atoms with Crippen LogP contribution in [0, 0.1) is 0 Å². The van der Waals surface area contributed by atoms with Gasteiger partial charge < -0.3 is 10.1 Å². The van der Waals surface area contributed by atoms with E-state index in [9.17, 15) is 13.2 Å². The lowest BCUT2D eigenvalue weighted by Crippen LogP contribution is -2.40. The molecular weight excluding hydrogens is 414 g/mol. The number of nitrogens with one attached hydrogen (secondary N) is 1. The van der Waals surface area contributed by atoms with E-state index in [-0.39, 0.29) is 16.8 Å². The Morgan fingerprint density at radius 2 is 1.93 bits per heavy atom. The number of carbonyl (C=O) groups excluding carboxylic acids is 1. The maximum Gasteiger partial charge on any atom is 0.244 e. The summed E-state index contributed by atoms with van der Waals surface area (Å²) in [6.07, 6.45) is 2.98. The first-order valence-electron chi connectivity index (χ1n) is 9.34. The van der Waals surface area contributed by atoms with Crippen molar-refractivity contribution >= 4 is 33.5 Å². The molecule has 158 valence electrons. The average molecular weight is 440 g/mol. The zero-order valence-corrected chi connectivity index (χ0v) is 18.2. The van der Waals surface area contributed by atoms with Gasteiger partial charge in [0.2, 0.25) is 15.9 Å². The van der Waals surface area contributed by atoms with Crippen LogP contribution >= 0.6 is 11.8 Å². The number of hydrogen-bond donors (Lipinski definition) is 1. The van der Waals surface area contributed by atoms with E-state index >= 15 is 0 Å². The lowest BCUT2D eigenvalue weighted by molar-refractivity contribution is -0.115. The molecular formula is C18H25N5O4S2. The summed E-state index contributed by atoms with van der Waals surface area (Å²) in [4.78, 5) is 16.9. The number of ether oxygens (including phenoxy) is 1. The summed E-state index contributed by atoms with van der Waals surface area (Å²) in [7, 11) is -3.58. The van der Waals surface area contributed by atoms with Crippen molar-refractivity contribution in [3.8, 4) is 0 Å². The molecule has 0 spiro atoms. The normalized spacial score (nSPS) is 16.7. The Morgan fingerprint density at radius 1 is 1.21 bits per heavy atom. The second-order valence-corrected chi connectivity index (χ2v) is 10.2. The number of pyridine rings is 1. The first kappa shape index (κ1) is 21.8. The van der Waals surface area contributed by atoms with Gasteiger partial charge in [0.25, 0.3) is 0 Å². The van der Waals surface area contributed by atoms with Gasteiger partial charge in [-0.25, -0.2) is 18.1 Å². The zero-order chi connectivity index (χ0) is 21.0. The van der Waals surface area contributed by atoms with Gasteiger partial charge in [-0.1, -0.05) is 11.8 Å². The van der Waals surface area contributed by atoms with Crippen LogP contribution in [0.15, 0.2) is 40.5 Å². The van der Waals surface area contributed by atoms with Gasteiger partial charge in [-0.2, -0.15) is 9.40 Å². The maximum atomic E-state index is 12.6. The molecule has 0 radical (unpaired) electrons. The van der Waals surface area contributed by atoms with Crippen LogP contribution in [0.3, 0.4) is 0 Å². The molecule has 3 rings (SSSR count). The summed E-state index contributed by atoms with van der Waals surface area (Å²) in [5.41, 5.74) is 0. The van der Waals surface area contributed by atoms with Crippen LogP contribution < -0.4 is 5.32 Å². The molecule has 1 atom stereocenters. The van der Waals surface area contributed by atoms with E-state index in [4.69, 9.17) is 4.74 Å². The van der Waals surface area contributed by atoms with E-state index in [1.807, 2.05) is 13.8 Å². The van der Waals surface area contributed by atoms with Crippen molar-refractivity contribution in [3.05, 3.63) is 30.6 Å². The standard InChI is InChI=1S/C18H25N5O4S2/c1-13(2)23-16(6-7-20-23)21-18(24)14(3)28-17-5-4-15(12-19-17)29(25,26)22-8-10-27-11-9-22/h4-7,12-14H,8-11H2,1-3H3,(H,21,24). The number of carbonyl (C=O) groups is 1. The third-order valence-corrected chi connectivity index (χ3v) is 7.33. The second-order valence-electron chi connectivity index (χ2n) is 6.85. The quantitative estimate of drug-likeness (QED) is 0.658. The lowest BCUT2D eigenvalue weighted by atomic mass is 10.4. The van der Waals surface area contributed by atoms with Crippen molar-refractivity contribution in [2.45, 2.75) is 42.0 Å². The summed E-state index contributed by atoms with van der Waals surface area (Å²) in [6.45, 7) is 7.20. The highest BCUT2D eigenvalue weighted by atomic mass is 32.2. The summed E-state index contributed by atoms with van der Waals surface area (Å²) in [5, 5.41) is 7.22. The Bertz CT molecular complexity index is 937. The molecule has 1 aliphatic rings. The molecule has 11 heteroatoms. The maximum absolute atomic E-state index is 12.6. The number of amides is 1. The number of aromatic nitrogens is 3.